The first-order valence-electron chi connectivity index (χ1n) is 16.8. The molecule has 3 atom stereocenters. The lowest BCUT2D eigenvalue weighted by Gasteiger charge is -2.29. The number of allylic oxidation sites excluding steroid dienone is 5. The molecule has 0 rings (SSSR count). The van der Waals surface area contributed by atoms with Gasteiger partial charge in [0.05, 0.1) is 39.9 Å². The SMILES string of the molecule is CCCCCCCCCCCCCC/C=C/CC/C=C/CC/C=C/C(O)C(COP(=O)([O-])OCC[N+](C)(C)C)NC(C)=O. The van der Waals surface area contributed by atoms with E-state index in [2.05, 4.69) is 36.5 Å². The fourth-order valence-electron chi connectivity index (χ4n) is 4.45. The second-order valence-electron chi connectivity index (χ2n) is 12.6. The number of nitrogens with one attached hydrogen (secondary N) is 1. The van der Waals surface area contributed by atoms with Gasteiger partial charge in [-0.15, -0.1) is 0 Å². The van der Waals surface area contributed by atoms with E-state index >= 15 is 0 Å². The number of phosphoric ester groups is 1. The highest BCUT2D eigenvalue weighted by Crippen LogP contribution is 2.38. The Bertz CT molecular complexity index is 809. The maximum absolute atomic E-state index is 12.0. The van der Waals surface area contributed by atoms with E-state index < -0.39 is 32.5 Å². The van der Waals surface area contributed by atoms with Crippen molar-refractivity contribution < 1.29 is 32.9 Å². The minimum Gasteiger partial charge on any atom is -0.756 e. The molecule has 0 fully saturated rings. The lowest BCUT2D eigenvalue weighted by atomic mass is 10.0. The monoisotopic (exact) mass is 628 g/mol. The molecule has 0 aliphatic rings. The summed E-state index contributed by atoms with van der Waals surface area (Å²) < 4.78 is 22.4. The van der Waals surface area contributed by atoms with Gasteiger partial charge in [-0.3, -0.25) is 9.36 Å². The van der Waals surface area contributed by atoms with Gasteiger partial charge in [-0.05, 0) is 38.5 Å². The van der Waals surface area contributed by atoms with Crippen LogP contribution in [0.15, 0.2) is 36.5 Å². The number of amides is 1. The van der Waals surface area contributed by atoms with Crippen LogP contribution in [0.3, 0.4) is 0 Å². The first-order chi connectivity index (χ1) is 20.5. The Morgan fingerprint density at radius 1 is 0.791 bits per heavy atom. The second-order valence-corrected chi connectivity index (χ2v) is 14.0. The average Bonchev–Trinajstić information content (AvgIpc) is 2.92. The Morgan fingerprint density at radius 3 is 1.74 bits per heavy atom. The third-order valence-electron chi connectivity index (χ3n) is 7.12. The zero-order valence-electron chi connectivity index (χ0n) is 28.1. The van der Waals surface area contributed by atoms with Gasteiger partial charge in [-0.2, -0.15) is 0 Å². The Labute approximate surface area is 264 Å². The van der Waals surface area contributed by atoms with E-state index in [1.807, 2.05) is 27.2 Å². The maximum Gasteiger partial charge on any atom is 0.268 e. The van der Waals surface area contributed by atoms with Crippen molar-refractivity contribution in [1.82, 2.24) is 5.32 Å². The van der Waals surface area contributed by atoms with Crippen LogP contribution >= 0.6 is 7.82 Å². The van der Waals surface area contributed by atoms with Crippen LogP contribution in [0.2, 0.25) is 0 Å². The molecule has 252 valence electrons. The molecule has 3 unspecified atom stereocenters. The van der Waals surface area contributed by atoms with Crippen LogP contribution in [0.25, 0.3) is 0 Å². The molecule has 9 heteroatoms. The van der Waals surface area contributed by atoms with Crippen LogP contribution < -0.4 is 10.2 Å². The summed E-state index contributed by atoms with van der Waals surface area (Å²) in [6, 6.07) is -0.907. The van der Waals surface area contributed by atoms with Gasteiger partial charge in [0.1, 0.15) is 13.2 Å². The van der Waals surface area contributed by atoms with Crippen LogP contribution in [0.4, 0.5) is 0 Å². The van der Waals surface area contributed by atoms with Crippen molar-refractivity contribution in [3.63, 3.8) is 0 Å². The van der Waals surface area contributed by atoms with E-state index in [0.29, 0.717) is 11.0 Å². The predicted molar refractivity (Wildman–Crippen MR) is 178 cm³/mol. The number of nitrogens with zero attached hydrogens (tertiary/aromatic N) is 1. The highest BCUT2D eigenvalue weighted by atomic mass is 31.2. The molecule has 1 amide bonds. The molecule has 0 saturated heterocycles. The Balaban J connectivity index is 3.96. The first-order valence-corrected chi connectivity index (χ1v) is 18.3. The summed E-state index contributed by atoms with van der Waals surface area (Å²) in [5.74, 6) is -0.390. The van der Waals surface area contributed by atoms with Gasteiger partial charge in [0.25, 0.3) is 7.82 Å². The number of aliphatic hydroxyl groups excluding tert-OH is 1. The van der Waals surface area contributed by atoms with E-state index in [9.17, 15) is 19.4 Å². The number of phosphoric acid groups is 1. The van der Waals surface area contributed by atoms with E-state index in [0.717, 1.165) is 25.7 Å². The summed E-state index contributed by atoms with van der Waals surface area (Å²) in [6.45, 7) is 3.64. The molecule has 0 radical (unpaired) electrons. The first kappa shape index (κ1) is 41.7. The Hall–Kier alpha value is -1.28. The van der Waals surface area contributed by atoms with Crippen molar-refractivity contribution in [2.75, 3.05) is 40.9 Å². The topological polar surface area (TPSA) is 108 Å². The van der Waals surface area contributed by atoms with Gasteiger partial charge < -0.3 is 28.8 Å². The fraction of sp³-hybridized carbons (Fsp3) is 0.794. The van der Waals surface area contributed by atoms with Gasteiger partial charge in [-0.1, -0.05) is 114 Å². The fourth-order valence-corrected chi connectivity index (χ4v) is 5.17. The van der Waals surface area contributed by atoms with E-state index in [1.54, 1.807) is 6.08 Å². The Kier molecular flexibility index (Phi) is 26.3. The maximum atomic E-state index is 12.0. The molecule has 0 saturated carbocycles. The quantitative estimate of drug-likeness (QED) is 0.0387. The molecular formula is C34H65N2O6P. The molecule has 0 aliphatic heterocycles. The largest absolute Gasteiger partial charge is 0.756 e. The third kappa shape index (κ3) is 30.5. The number of rotatable bonds is 29. The molecule has 0 aromatic carbocycles. The number of hydrogen-bond acceptors (Lipinski definition) is 6. The van der Waals surface area contributed by atoms with Crippen molar-refractivity contribution >= 4 is 13.7 Å². The molecule has 0 aromatic rings. The molecule has 0 bridgehead atoms. The van der Waals surface area contributed by atoms with Gasteiger partial charge in [0.15, 0.2) is 0 Å². The number of hydrogen-bond donors (Lipinski definition) is 2. The zero-order valence-corrected chi connectivity index (χ0v) is 29.0. The molecule has 2 N–H and O–H groups in total. The van der Waals surface area contributed by atoms with Crippen LogP contribution in [0.1, 0.15) is 123 Å². The predicted octanol–water partition coefficient (Wildman–Crippen LogP) is 7.38. The minimum absolute atomic E-state index is 0.0131. The van der Waals surface area contributed by atoms with Crippen molar-refractivity contribution in [3.05, 3.63) is 36.5 Å². The summed E-state index contributed by atoms with van der Waals surface area (Å²) in [5, 5.41) is 13.0. The van der Waals surface area contributed by atoms with Crippen LogP contribution in [-0.4, -0.2) is 68.5 Å². The smallest absolute Gasteiger partial charge is 0.268 e. The lowest BCUT2D eigenvalue weighted by molar-refractivity contribution is -0.870. The van der Waals surface area contributed by atoms with Gasteiger partial charge in [0.2, 0.25) is 5.91 Å². The highest BCUT2D eigenvalue weighted by molar-refractivity contribution is 7.45. The molecular weight excluding hydrogens is 563 g/mol. The summed E-state index contributed by atoms with van der Waals surface area (Å²) in [7, 11) is 1.22. The number of likely N-dealkylation sites (N-methyl/N-ethyl adjacent to an activating group) is 1. The van der Waals surface area contributed by atoms with Crippen molar-refractivity contribution in [1.29, 1.82) is 0 Å². The van der Waals surface area contributed by atoms with Gasteiger partial charge in [0, 0.05) is 6.92 Å². The molecule has 43 heavy (non-hydrogen) atoms. The number of carbonyl (C=O) groups excluding carboxylic acids is 1. The zero-order chi connectivity index (χ0) is 32.2. The number of unbranched alkanes of at least 4 members (excludes halogenated alkanes) is 14. The number of carbonyl (C=O) groups is 1. The van der Waals surface area contributed by atoms with Crippen molar-refractivity contribution in [3.8, 4) is 0 Å². The molecule has 8 nitrogen and oxygen atoms in total. The van der Waals surface area contributed by atoms with Crippen LogP contribution in [-0.2, 0) is 18.4 Å². The summed E-state index contributed by atoms with van der Waals surface area (Å²) in [6.07, 6.45) is 32.6. The lowest BCUT2D eigenvalue weighted by Crippen LogP contribution is -2.45. The summed E-state index contributed by atoms with van der Waals surface area (Å²) in [4.78, 5) is 23.6. The van der Waals surface area contributed by atoms with E-state index in [-0.39, 0.29) is 6.61 Å². The summed E-state index contributed by atoms with van der Waals surface area (Å²) >= 11 is 0. The molecule has 0 spiro atoms. The Morgan fingerprint density at radius 2 is 1.26 bits per heavy atom. The van der Waals surface area contributed by atoms with E-state index in [4.69, 9.17) is 9.05 Å². The van der Waals surface area contributed by atoms with Crippen LogP contribution in [0, 0.1) is 0 Å². The average molecular weight is 629 g/mol. The number of aliphatic hydroxyl groups is 1. The molecule has 0 heterocycles. The number of quaternary nitrogens is 1. The summed E-state index contributed by atoms with van der Waals surface area (Å²) in [5.41, 5.74) is 0. The molecule has 0 aliphatic carbocycles. The standard InChI is InChI=1S/C34H65N2O6P/c1-6-7-8-9-10-11-12-13-14-15-16-17-18-19-20-21-22-23-24-25-26-27-28-34(38)33(35-32(2)37)31-42-43(39,40)41-30-29-36(3,4)5/h19-20,23-24,27-28,33-34,38H,6-18,21-22,25-26,29-31H2,1-5H3,(H-,35,37,39,40)/b20-19+,24-23+,28-27+. The normalized spacial score (nSPS) is 15.4. The van der Waals surface area contributed by atoms with Crippen molar-refractivity contribution in [2.24, 2.45) is 0 Å². The van der Waals surface area contributed by atoms with E-state index in [1.165, 1.54) is 90.4 Å². The van der Waals surface area contributed by atoms with Crippen molar-refractivity contribution in [2.45, 2.75) is 135 Å². The third-order valence-corrected chi connectivity index (χ3v) is 8.08. The minimum atomic E-state index is -4.55. The van der Waals surface area contributed by atoms with Gasteiger partial charge in [-0.25, -0.2) is 0 Å². The van der Waals surface area contributed by atoms with Crippen LogP contribution in [0.5, 0.6) is 0 Å². The molecule has 0 aromatic heterocycles. The second kappa shape index (κ2) is 27.1. The highest BCUT2D eigenvalue weighted by Gasteiger charge is 2.22. The van der Waals surface area contributed by atoms with Gasteiger partial charge >= 0.3 is 0 Å².